The Morgan fingerprint density at radius 3 is 2.33 bits per heavy atom. The van der Waals surface area contributed by atoms with Crippen molar-refractivity contribution >= 4 is 5.69 Å². The van der Waals surface area contributed by atoms with Crippen LogP contribution >= 0.6 is 0 Å². The third-order valence-corrected chi connectivity index (χ3v) is 8.01. The first-order chi connectivity index (χ1) is 19.0. The fraction of sp³-hybridized carbons (Fsp3) is 0.394. The van der Waals surface area contributed by atoms with Gasteiger partial charge in [-0.05, 0) is 85.3 Å². The minimum absolute atomic E-state index is 0.187. The van der Waals surface area contributed by atoms with Crippen LogP contribution in [0.25, 0.3) is 5.32 Å². The smallest absolute Gasteiger partial charge is 0.123 e. The van der Waals surface area contributed by atoms with Crippen LogP contribution in [-0.4, -0.2) is 55.1 Å². The average molecular weight is 530 g/mol. The molecule has 0 amide bonds. The molecular formula is C33H39F2N4-. The van der Waals surface area contributed by atoms with Gasteiger partial charge in [0.15, 0.2) is 0 Å². The molecule has 0 saturated carbocycles. The van der Waals surface area contributed by atoms with Crippen LogP contribution in [0, 0.1) is 11.6 Å². The first-order valence-electron chi connectivity index (χ1n) is 14.1. The van der Waals surface area contributed by atoms with Gasteiger partial charge in [-0.1, -0.05) is 48.0 Å². The predicted molar refractivity (Wildman–Crippen MR) is 156 cm³/mol. The molecule has 0 bridgehead atoms. The molecule has 1 saturated heterocycles. The van der Waals surface area contributed by atoms with Crippen molar-refractivity contribution in [1.29, 1.82) is 0 Å². The van der Waals surface area contributed by atoms with E-state index in [0.29, 0.717) is 6.54 Å². The summed E-state index contributed by atoms with van der Waals surface area (Å²) in [5.74, 6) is -0.411. The monoisotopic (exact) mass is 529 g/mol. The van der Waals surface area contributed by atoms with Gasteiger partial charge in [0.1, 0.15) is 11.6 Å². The van der Waals surface area contributed by atoms with Crippen LogP contribution in [-0.2, 0) is 25.9 Å². The molecule has 0 spiro atoms. The van der Waals surface area contributed by atoms with E-state index >= 15 is 0 Å². The molecule has 39 heavy (non-hydrogen) atoms. The lowest BCUT2D eigenvalue weighted by molar-refractivity contribution is 0.177. The van der Waals surface area contributed by atoms with Crippen LogP contribution < -0.4 is 5.32 Å². The molecule has 2 aliphatic heterocycles. The van der Waals surface area contributed by atoms with Crippen molar-refractivity contribution < 1.29 is 8.78 Å². The minimum atomic E-state index is -0.223. The Kier molecular flexibility index (Phi) is 9.40. The van der Waals surface area contributed by atoms with Gasteiger partial charge in [-0.2, -0.15) is 0 Å². The van der Waals surface area contributed by atoms with E-state index in [-0.39, 0.29) is 17.7 Å². The van der Waals surface area contributed by atoms with Crippen molar-refractivity contribution in [3.8, 4) is 0 Å². The molecule has 1 unspecified atom stereocenters. The number of likely N-dealkylation sites (tertiary alicyclic amines) is 1. The summed E-state index contributed by atoms with van der Waals surface area (Å²) in [6.45, 7) is 11.4. The molecule has 2 heterocycles. The Hall–Kier alpha value is -3.06. The van der Waals surface area contributed by atoms with Gasteiger partial charge in [-0.15, -0.1) is 13.1 Å². The number of nitrogens with one attached hydrogen (secondary N) is 1. The maximum atomic E-state index is 13.9. The van der Waals surface area contributed by atoms with Gasteiger partial charge < -0.3 is 15.5 Å². The first-order valence-corrected chi connectivity index (χ1v) is 14.1. The molecule has 3 aromatic rings. The summed E-state index contributed by atoms with van der Waals surface area (Å²) in [6.07, 6.45) is 3.83. The average Bonchev–Trinajstić information content (AvgIpc) is 2.94. The van der Waals surface area contributed by atoms with Crippen LogP contribution in [0.4, 0.5) is 14.5 Å². The van der Waals surface area contributed by atoms with Crippen LogP contribution in [0.5, 0.6) is 0 Å². The summed E-state index contributed by atoms with van der Waals surface area (Å²) in [5, 5.41) is 8.37. The molecule has 0 radical (unpaired) electrons. The van der Waals surface area contributed by atoms with Crippen LogP contribution in [0.1, 0.15) is 35.1 Å². The molecule has 3 aromatic carbocycles. The van der Waals surface area contributed by atoms with E-state index in [1.165, 1.54) is 28.8 Å². The number of benzene rings is 3. The normalized spacial score (nSPS) is 18.2. The van der Waals surface area contributed by atoms with Crippen molar-refractivity contribution in [2.24, 2.45) is 0 Å². The number of fused-ring (bicyclic) bond motifs is 1. The molecule has 5 rings (SSSR count). The van der Waals surface area contributed by atoms with E-state index in [2.05, 4.69) is 46.0 Å². The number of nitrogens with zero attached hydrogens (tertiary/aromatic N) is 3. The molecule has 0 aromatic heterocycles. The highest BCUT2D eigenvalue weighted by Gasteiger charge is 2.25. The summed E-state index contributed by atoms with van der Waals surface area (Å²) < 4.78 is 27.3. The van der Waals surface area contributed by atoms with Gasteiger partial charge in [0, 0.05) is 44.5 Å². The van der Waals surface area contributed by atoms with E-state index in [0.717, 1.165) is 88.3 Å². The lowest BCUT2D eigenvalue weighted by Gasteiger charge is -2.39. The second-order valence-corrected chi connectivity index (χ2v) is 10.9. The summed E-state index contributed by atoms with van der Waals surface area (Å²) in [7, 11) is 0. The van der Waals surface area contributed by atoms with Crippen molar-refractivity contribution in [2.45, 2.75) is 44.8 Å². The number of anilines is 1. The molecule has 1 atom stereocenters. The Bertz CT molecular complexity index is 1220. The second kappa shape index (κ2) is 13.3. The fourth-order valence-electron chi connectivity index (χ4n) is 5.61. The van der Waals surface area contributed by atoms with Gasteiger partial charge >= 0.3 is 0 Å². The summed E-state index contributed by atoms with van der Waals surface area (Å²) in [4.78, 5) is 4.94. The van der Waals surface area contributed by atoms with Gasteiger partial charge in [0.2, 0.25) is 0 Å². The Morgan fingerprint density at radius 1 is 0.846 bits per heavy atom. The highest BCUT2D eigenvalue weighted by molar-refractivity contribution is 5.45. The first kappa shape index (κ1) is 27.5. The number of hydrogen-bond donors (Lipinski definition) is 1. The lowest BCUT2D eigenvalue weighted by atomic mass is 9.90. The Balaban J connectivity index is 1.08. The van der Waals surface area contributed by atoms with E-state index in [4.69, 9.17) is 5.32 Å². The van der Waals surface area contributed by atoms with E-state index in [1.807, 2.05) is 18.2 Å². The van der Waals surface area contributed by atoms with Gasteiger partial charge in [0.05, 0.1) is 0 Å². The number of rotatable bonds is 11. The van der Waals surface area contributed by atoms with Crippen LogP contribution in [0.15, 0.2) is 78.9 Å². The molecule has 0 aliphatic carbocycles. The molecule has 1 fully saturated rings. The van der Waals surface area contributed by atoms with E-state index < -0.39 is 0 Å². The van der Waals surface area contributed by atoms with Crippen molar-refractivity contribution in [3.63, 3.8) is 0 Å². The quantitative estimate of drug-likeness (QED) is 0.225. The van der Waals surface area contributed by atoms with Gasteiger partial charge in [-0.3, -0.25) is 4.90 Å². The second-order valence-electron chi connectivity index (χ2n) is 10.9. The Labute approximate surface area is 231 Å². The largest absolute Gasteiger partial charge is 0.657 e. The van der Waals surface area contributed by atoms with Crippen LogP contribution in [0.2, 0.25) is 0 Å². The minimum Gasteiger partial charge on any atom is -0.657 e. The SMILES string of the molecule is C=C1CCN(CCNc2ccc(C[N-]CCN3Cc4ccc(F)cc4CC3Cc3ccc(F)cc3)cc2)CC1. The van der Waals surface area contributed by atoms with Crippen molar-refractivity contribution in [3.05, 3.63) is 118 Å². The van der Waals surface area contributed by atoms with Gasteiger partial charge in [-0.25, -0.2) is 8.78 Å². The summed E-state index contributed by atoms with van der Waals surface area (Å²) >= 11 is 0. The van der Waals surface area contributed by atoms with E-state index in [1.54, 1.807) is 12.1 Å². The van der Waals surface area contributed by atoms with E-state index in [9.17, 15) is 8.78 Å². The Morgan fingerprint density at radius 2 is 1.56 bits per heavy atom. The zero-order valence-corrected chi connectivity index (χ0v) is 22.7. The summed E-state index contributed by atoms with van der Waals surface area (Å²) in [5.41, 5.74) is 7.08. The third kappa shape index (κ3) is 7.98. The van der Waals surface area contributed by atoms with Gasteiger partial charge in [0.25, 0.3) is 0 Å². The molecule has 1 N–H and O–H groups in total. The zero-order chi connectivity index (χ0) is 27.0. The summed E-state index contributed by atoms with van der Waals surface area (Å²) in [6, 6.07) is 20.7. The number of piperidine rings is 1. The fourth-order valence-corrected chi connectivity index (χ4v) is 5.61. The van der Waals surface area contributed by atoms with Crippen molar-refractivity contribution in [2.75, 3.05) is 44.6 Å². The molecule has 206 valence electrons. The molecule has 2 aliphatic rings. The van der Waals surface area contributed by atoms with Crippen LogP contribution in [0.3, 0.4) is 0 Å². The molecule has 6 heteroatoms. The number of halogens is 2. The van der Waals surface area contributed by atoms with Crippen molar-refractivity contribution in [1.82, 2.24) is 9.80 Å². The standard InChI is InChI=1S/C33H39F2N4/c1-25-12-16-38(17-13-25)18-15-37-32-10-4-27(5-11-32)23-36-14-19-39-24-28-6-9-31(35)21-29(28)22-33(39)20-26-2-7-30(34)8-3-26/h2-11,21,33,37H,1,12-20,22-24H2/q-1. The molecule has 4 nitrogen and oxygen atoms in total. The lowest BCUT2D eigenvalue weighted by Crippen LogP contribution is -2.43. The topological polar surface area (TPSA) is 32.6 Å². The molecular weight excluding hydrogens is 490 g/mol. The predicted octanol–water partition coefficient (Wildman–Crippen LogP) is 6.57. The highest BCUT2D eigenvalue weighted by Crippen LogP contribution is 2.26. The highest BCUT2D eigenvalue weighted by atomic mass is 19.1. The zero-order valence-electron chi connectivity index (χ0n) is 22.7. The number of hydrogen-bond acceptors (Lipinski definition) is 3. The maximum Gasteiger partial charge on any atom is 0.123 e. The maximum absolute atomic E-state index is 13.9. The third-order valence-electron chi connectivity index (χ3n) is 8.01.